The van der Waals surface area contributed by atoms with Gasteiger partial charge in [-0.2, -0.15) is 0 Å². The summed E-state index contributed by atoms with van der Waals surface area (Å²) in [4.78, 5) is 11.2. The van der Waals surface area contributed by atoms with Gasteiger partial charge in [-0.3, -0.25) is 4.90 Å². The molecule has 0 fully saturated rings. The fourth-order valence-electron chi connectivity index (χ4n) is 1.05. The van der Waals surface area contributed by atoms with Crippen LogP contribution in [0.3, 0.4) is 0 Å². The molecule has 1 aliphatic heterocycles. The number of rotatable bonds is 4. The van der Waals surface area contributed by atoms with Gasteiger partial charge in [-0.1, -0.05) is 0 Å². The van der Waals surface area contributed by atoms with E-state index in [1.54, 1.807) is 10.8 Å². The van der Waals surface area contributed by atoms with Crippen molar-refractivity contribution in [2.75, 3.05) is 48.3 Å². The number of likely N-dealkylation sites (N-methyl/N-ethyl adjacent to an activating group) is 2. The molecule has 0 saturated heterocycles. The number of amidine groups is 1. The van der Waals surface area contributed by atoms with E-state index < -0.39 is 0 Å². The number of hydrogen-bond donors (Lipinski definition) is 0. The zero-order chi connectivity index (χ0) is 11.4. The van der Waals surface area contributed by atoms with E-state index in [0.717, 1.165) is 18.3 Å². The summed E-state index contributed by atoms with van der Waals surface area (Å²) < 4.78 is 0. The zero-order valence-corrected chi connectivity index (χ0v) is 11.7. The summed E-state index contributed by atoms with van der Waals surface area (Å²) in [6.45, 7) is 2.13. The van der Waals surface area contributed by atoms with Crippen molar-refractivity contribution in [3.8, 4) is 0 Å². The van der Waals surface area contributed by atoms with Crippen LogP contribution >= 0.6 is 21.6 Å². The molecule has 0 amide bonds. The molecule has 0 aromatic rings. The molecule has 0 aliphatic carbocycles. The average molecular weight is 248 g/mol. The summed E-state index contributed by atoms with van der Waals surface area (Å²) >= 11 is 0. The Labute approximate surface area is 100 Å². The van der Waals surface area contributed by atoms with E-state index in [9.17, 15) is 0 Å². The first-order valence-corrected chi connectivity index (χ1v) is 7.15. The quantitative estimate of drug-likeness (QED) is 0.692. The number of hydrogen-bond acceptors (Lipinski definition) is 6. The normalized spacial score (nSPS) is 21.3. The standard InChI is InChI=1S/C9H20N4S2/c1-11(2)6-7-13(5)9-10-8(12(3)4)14-15-9/h9H,6-7H2,1-5H3. The van der Waals surface area contributed by atoms with Crippen LogP contribution in [0.1, 0.15) is 0 Å². The Morgan fingerprint density at radius 2 is 1.80 bits per heavy atom. The van der Waals surface area contributed by atoms with Crippen molar-refractivity contribution >= 4 is 26.8 Å². The van der Waals surface area contributed by atoms with Gasteiger partial charge >= 0.3 is 0 Å². The smallest absolute Gasteiger partial charge is 0.172 e. The third-order valence-corrected chi connectivity index (χ3v) is 4.69. The Kier molecular flexibility index (Phi) is 5.25. The third kappa shape index (κ3) is 4.22. The van der Waals surface area contributed by atoms with E-state index in [1.807, 2.05) is 24.9 Å². The molecule has 1 rings (SSSR count). The summed E-state index contributed by atoms with van der Waals surface area (Å²) in [6.07, 6.45) is 0. The average Bonchev–Trinajstić information content (AvgIpc) is 2.62. The van der Waals surface area contributed by atoms with Crippen molar-refractivity contribution in [2.24, 2.45) is 4.99 Å². The van der Waals surface area contributed by atoms with Crippen LogP contribution in [0, 0.1) is 0 Å². The van der Waals surface area contributed by atoms with Gasteiger partial charge in [-0.25, -0.2) is 4.99 Å². The minimum Gasteiger partial charge on any atom is -0.357 e. The molecule has 0 N–H and O–H groups in total. The van der Waals surface area contributed by atoms with E-state index in [4.69, 9.17) is 0 Å². The third-order valence-electron chi connectivity index (χ3n) is 2.09. The molecule has 4 nitrogen and oxygen atoms in total. The van der Waals surface area contributed by atoms with Crippen LogP contribution in [0.15, 0.2) is 4.99 Å². The highest BCUT2D eigenvalue weighted by molar-refractivity contribution is 8.82. The molecular weight excluding hydrogens is 228 g/mol. The van der Waals surface area contributed by atoms with Crippen LogP contribution in [-0.2, 0) is 0 Å². The van der Waals surface area contributed by atoms with Crippen molar-refractivity contribution in [2.45, 2.75) is 5.50 Å². The van der Waals surface area contributed by atoms with Gasteiger partial charge < -0.3 is 9.80 Å². The highest BCUT2D eigenvalue weighted by atomic mass is 33.1. The minimum atomic E-state index is 0.271. The Bertz CT molecular complexity index is 230. The lowest BCUT2D eigenvalue weighted by molar-refractivity contribution is 0.273. The second kappa shape index (κ2) is 5.98. The molecule has 0 aromatic heterocycles. The molecule has 0 spiro atoms. The summed E-state index contributed by atoms with van der Waals surface area (Å²) in [6, 6.07) is 0. The Morgan fingerprint density at radius 3 is 2.27 bits per heavy atom. The second-order valence-corrected chi connectivity index (χ2v) is 6.32. The largest absolute Gasteiger partial charge is 0.357 e. The van der Waals surface area contributed by atoms with E-state index in [2.05, 4.69) is 40.8 Å². The van der Waals surface area contributed by atoms with Gasteiger partial charge in [0.2, 0.25) is 0 Å². The van der Waals surface area contributed by atoms with Crippen LogP contribution in [0.25, 0.3) is 0 Å². The predicted octanol–water partition coefficient (Wildman–Crippen LogP) is 1.08. The topological polar surface area (TPSA) is 22.1 Å². The van der Waals surface area contributed by atoms with E-state index in [1.165, 1.54) is 0 Å². The molecule has 1 heterocycles. The molecule has 0 bridgehead atoms. The van der Waals surface area contributed by atoms with Gasteiger partial charge in [-0.05, 0) is 42.7 Å². The lowest BCUT2D eigenvalue weighted by Crippen LogP contribution is -2.33. The summed E-state index contributed by atoms with van der Waals surface area (Å²) in [5.41, 5.74) is 0.271. The SMILES string of the molecule is CN(C)CCN(C)C1N=C(N(C)C)SS1. The van der Waals surface area contributed by atoms with Gasteiger partial charge in [0.25, 0.3) is 0 Å². The maximum absolute atomic E-state index is 4.64. The highest BCUT2D eigenvalue weighted by Crippen LogP contribution is 2.37. The highest BCUT2D eigenvalue weighted by Gasteiger charge is 2.23. The zero-order valence-electron chi connectivity index (χ0n) is 10.1. The maximum atomic E-state index is 4.64. The van der Waals surface area contributed by atoms with Crippen LogP contribution < -0.4 is 0 Å². The molecule has 6 heteroatoms. The number of aliphatic imine (C=N–C) groups is 1. The van der Waals surface area contributed by atoms with Crippen LogP contribution in [0.5, 0.6) is 0 Å². The predicted molar refractivity (Wildman–Crippen MR) is 71.3 cm³/mol. The molecule has 0 aromatic carbocycles. The van der Waals surface area contributed by atoms with E-state index in [-0.39, 0.29) is 5.50 Å². The molecule has 1 aliphatic rings. The second-order valence-electron chi connectivity index (χ2n) is 4.10. The molecule has 15 heavy (non-hydrogen) atoms. The van der Waals surface area contributed by atoms with Crippen LogP contribution in [0.2, 0.25) is 0 Å². The molecule has 0 radical (unpaired) electrons. The minimum absolute atomic E-state index is 0.271. The van der Waals surface area contributed by atoms with Crippen molar-refractivity contribution in [3.05, 3.63) is 0 Å². The summed E-state index contributed by atoms with van der Waals surface area (Å²) in [5.74, 6) is 0. The van der Waals surface area contributed by atoms with Crippen molar-refractivity contribution in [1.29, 1.82) is 0 Å². The van der Waals surface area contributed by atoms with Gasteiger partial charge in [0.05, 0.1) is 0 Å². The first kappa shape index (κ1) is 13.2. The fourth-order valence-corrected chi connectivity index (χ4v) is 3.64. The Hall–Kier alpha value is 0.0900. The van der Waals surface area contributed by atoms with E-state index in [0.29, 0.717) is 0 Å². The van der Waals surface area contributed by atoms with Crippen molar-refractivity contribution in [1.82, 2.24) is 14.7 Å². The molecule has 0 saturated carbocycles. The van der Waals surface area contributed by atoms with Crippen LogP contribution in [-0.4, -0.2) is 73.7 Å². The van der Waals surface area contributed by atoms with Gasteiger partial charge in [0.1, 0.15) is 0 Å². The lowest BCUT2D eigenvalue weighted by atomic mass is 10.5. The van der Waals surface area contributed by atoms with Gasteiger partial charge in [0.15, 0.2) is 10.7 Å². The first-order valence-electron chi connectivity index (χ1n) is 4.94. The first-order chi connectivity index (χ1) is 7.00. The molecule has 88 valence electrons. The maximum Gasteiger partial charge on any atom is 0.172 e. The molecule has 1 unspecified atom stereocenters. The summed E-state index contributed by atoms with van der Waals surface area (Å²) in [7, 11) is 14.0. The number of nitrogens with zero attached hydrogens (tertiary/aromatic N) is 4. The van der Waals surface area contributed by atoms with E-state index >= 15 is 0 Å². The fraction of sp³-hybridized carbons (Fsp3) is 0.889. The Balaban J connectivity index is 2.38. The lowest BCUT2D eigenvalue weighted by Gasteiger charge is -2.22. The molecule has 1 atom stereocenters. The van der Waals surface area contributed by atoms with Crippen molar-refractivity contribution < 1.29 is 0 Å². The summed E-state index contributed by atoms with van der Waals surface area (Å²) in [5, 5.41) is 1.11. The monoisotopic (exact) mass is 248 g/mol. The van der Waals surface area contributed by atoms with Crippen molar-refractivity contribution in [3.63, 3.8) is 0 Å². The Morgan fingerprint density at radius 1 is 1.13 bits per heavy atom. The van der Waals surface area contributed by atoms with Gasteiger partial charge in [-0.15, -0.1) is 0 Å². The van der Waals surface area contributed by atoms with Crippen LogP contribution in [0.4, 0.5) is 0 Å². The van der Waals surface area contributed by atoms with Gasteiger partial charge in [0, 0.05) is 27.2 Å². The molecular formula is C9H20N4S2.